The number of benzene rings is 1. The van der Waals surface area contributed by atoms with Crippen LogP contribution in [0.5, 0.6) is 0 Å². The molecule has 0 N–H and O–H groups in total. The van der Waals surface area contributed by atoms with Crippen LogP contribution < -0.4 is 0 Å². The summed E-state index contributed by atoms with van der Waals surface area (Å²) in [6.07, 6.45) is 2.20. The van der Waals surface area contributed by atoms with Crippen LogP contribution in [0, 0.1) is 13.8 Å². The molecule has 2 nitrogen and oxygen atoms in total. The molecule has 1 aromatic heterocycles. The molecule has 0 radical (unpaired) electrons. The Labute approximate surface area is 97.5 Å². The second-order valence-corrected chi connectivity index (χ2v) is 4.83. The zero-order valence-corrected chi connectivity index (χ0v) is 10.6. The lowest BCUT2D eigenvalue weighted by molar-refractivity contribution is 0.387. The van der Waals surface area contributed by atoms with Gasteiger partial charge in [-0.15, -0.1) is 0 Å². The summed E-state index contributed by atoms with van der Waals surface area (Å²) >= 11 is 0. The molecule has 16 heavy (non-hydrogen) atoms. The first kappa shape index (κ1) is 11.2. The number of aryl methyl sites for hydroxylation is 2. The Kier molecular flexibility index (Phi) is 3.01. The smallest absolute Gasteiger partial charge is 0.0486 e. The average molecular weight is 216 g/mol. The first-order valence-electron chi connectivity index (χ1n) is 5.79. The van der Waals surface area contributed by atoms with Crippen molar-refractivity contribution >= 4 is 10.9 Å². The van der Waals surface area contributed by atoms with E-state index in [0.29, 0.717) is 0 Å². The second kappa shape index (κ2) is 4.30. The fourth-order valence-electron chi connectivity index (χ4n) is 2.16. The van der Waals surface area contributed by atoms with Crippen molar-refractivity contribution < 1.29 is 0 Å². The summed E-state index contributed by atoms with van der Waals surface area (Å²) in [5.74, 6) is 0. The molecule has 0 fully saturated rings. The van der Waals surface area contributed by atoms with Crippen molar-refractivity contribution in [2.75, 3.05) is 20.6 Å². The van der Waals surface area contributed by atoms with Crippen molar-refractivity contribution in [2.24, 2.45) is 0 Å². The summed E-state index contributed by atoms with van der Waals surface area (Å²) < 4.78 is 2.34. The molecular weight excluding hydrogens is 196 g/mol. The zero-order valence-electron chi connectivity index (χ0n) is 10.6. The lowest BCUT2D eigenvalue weighted by Crippen LogP contribution is -2.17. The van der Waals surface area contributed by atoms with Gasteiger partial charge in [0.15, 0.2) is 0 Å². The molecule has 1 heterocycles. The molecule has 0 saturated heterocycles. The Bertz CT molecular complexity index is 495. The Hall–Kier alpha value is -1.28. The van der Waals surface area contributed by atoms with Crippen molar-refractivity contribution in [3.63, 3.8) is 0 Å². The van der Waals surface area contributed by atoms with Crippen LogP contribution in [0.25, 0.3) is 10.9 Å². The quantitative estimate of drug-likeness (QED) is 0.766. The molecular formula is C14H20N2. The summed E-state index contributed by atoms with van der Waals surface area (Å²) in [7, 11) is 4.23. The van der Waals surface area contributed by atoms with E-state index in [0.717, 1.165) is 13.1 Å². The Morgan fingerprint density at radius 3 is 2.62 bits per heavy atom. The standard InChI is InChI=1S/C14H20N2/c1-11-9-12(2)13-5-6-16(14(13)10-11)8-7-15(3)4/h5-6,9-10H,7-8H2,1-4H3. The summed E-state index contributed by atoms with van der Waals surface area (Å²) in [5.41, 5.74) is 4.08. The van der Waals surface area contributed by atoms with Gasteiger partial charge in [0.1, 0.15) is 0 Å². The van der Waals surface area contributed by atoms with E-state index in [1.54, 1.807) is 0 Å². The fraction of sp³-hybridized carbons (Fsp3) is 0.429. The van der Waals surface area contributed by atoms with E-state index in [1.165, 1.54) is 22.0 Å². The summed E-state index contributed by atoms with van der Waals surface area (Å²) in [4.78, 5) is 2.22. The van der Waals surface area contributed by atoms with E-state index in [9.17, 15) is 0 Å². The molecule has 0 aliphatic rings. The number of aromatic nitrogens is 1. The predicted octanol–water partition coefficient (Wildman–Crippen LogP) is 2.82. The van der Waals surface area contributed by atoms with Gasteiger partial charge < -0.3 is 9.47 Å². The summed E-state index contributed by atoms with van der Waals surface area (Å²) in [5, 5.41) is 1.38. The van der Waals surface area contributed by atoms with Gasteiger partial charge in [0.25, 0.3) is 0 Å². The Balaban J connectivity index is 2.40. The number of fused-ring (bicyclic) bond motifs is 1. The lowest BCUT2D eigenvalue weighted by atomic mass is 10.1. The van der Waals surface area contributed by atoms with Crippen LogP contribution in [0.1, 0.15) is 11.1 Å². The van der Waals surface area contributed by atoms with Gasteiger partial charge >= 0.3 is 0 Å². The maximum absolute atomic E-state index is 2.34. The van der Waals surface area contributed by atoms with Crippen molar-refractivity contribution in [1.82, 2.24) is 9.47 Å². The van der Waals surface area contributed by atoms with Crippen molar-refractivity contribution in [1.29, 1.82) is 0 Å². The normalized spacial score (nSPS) is 11.6. The highest BCUT2D eigenvalue weighted by atomic mass is 15.1. The largest absolute Gasteiger partial charge is 0.346 e. The molecule has 0 saturated carbocycles. The van der Waals surface area contributed by atoms with Crippen LogP contribution in [-0.2, 0) is 6.54 Å². The molecule has 2 rings (SSSR count). The minimum absolute atomic E-state index is 1.05. The summed E-state index contributed by atoms with van der Waals surface area (Å²) in [6.45, 7) is 6.48. The highest BCUT2D eigenvalue weighted by Crippen LogP contribution is 2.21. The molecule has 0 unspecified atom stereocenters. The zero-order chi connectivity index (χ0) is 11.7. The van der Waals surface area contributed by atoms with Crippen molar-refractivity contribution in [3.05, 3.63) is 35.5 Å². The van der Waals surface area contributed by atoms with Crippen LogP contribution >= 0.6 is 0 Å². The van der Waals surface area contributed by atoms with Gasteiger partial charge in [-0.25, -0.2) is 0 Å². The van der Waals surface area contributed by atoms with Crippen LogP contribution in [-0.4, -0.2) is 30.1 Å². The van der Waals surface area contributed by atoms with Gasteiger partial charge in [-0.1, -0.05) is 6.07 Å². The van der Waals surface area contributed by atoms with E-state index in [2.05, 4.69) is 61.8 Å². The number of nitrogens with zero attached hydrogens (tertiary/aromatic N) is 2. The maximum atomic E-state index is 2.34. The molecule has 0 atom stereocenters. The van der Waals surface area contributed by atoms with Gasteiger partial charge in [0.05, 0.1) is 0 Å². The van der Waals surface area contributed by atoms with E-state index in [-0.39, 0.29) is 0 Å². The first-order chi connectivity index (χ1) is 7.58. The average Bonchev–Trinajstić information content (AvgIpc) is 2.58. The molecule has 86 valence electrons. The number of hydrogen-bond acceptors (Lipinski definition) is 1. The molecule has 2 heteroatoms. The highest BCUT2D eigenvalue weighted by molar-refractivity contribution is 5.84. The van der Waals surface area contributed by atoms with Gasteiger partial charge in [-0.05, 0) is 51.2 Å². The second-order valence-electron chi connectivity index (χ2n) is 4.83. The number of likely N-dealkylation sites (N-methyl/N-ethyl adjacent to an activating group) is 1. The SMILES string of the molecule is Cc1cc(C)c2ccn(CCN(C)C)c2c1. The van der Waals surface area contributed by atoms with Gasteiger partial charge in [-0.2, -0.15) is 0 Å². The molecule has 0 spiro atoms. The Morgan fingerprint density at radius 2 is 1.94 bits per heavy atom. The molecule has 1 aromatic carbocycles. The Morgan fingerprint density at radius 1 is 1.19 bits per heavy atom. The predicted molar refractivity (Wildman–Crippen MR) is 70.0 cm³/mol. The first-order valence-corrected chi connectivity index (χ1v) is 5.79. The van der Waals surface area contributed by atoms with Crippen LogP contribution in [0.15, 0.2) is 24.4 Å². The molecule has 2 aromatic rings. The maximum Gasteiger partial charge on any atom is 0.0486 e. The number of hydrogen-bond donors (Lipinski definition) is 0. The minimum atomic E-state index is 1.05. The van der Waals surface area contributed by atoms with Crippen molar-refractivity contribution in [2.45, 2.75) is 20.4 Å². The third-order valence-electron chi connectivity index (χ3n) is 3.03. The lowest BCUT2D eigenvalue weighted by Gasteiger charge is -2.11. The summed E-state index contributed by atoms with van der Waals surface area (Å²) in [6, 6.07) is 6.75. The molecule has 0 aliphatic carbocycles. The monoisotopic (exact) mass is 216 g/mol. The van der Waals surface area contributed by atoms with Crippen LogP contribution in [0.4, 0.5) is 0 Å². The van der Waals surface area contributed by atoms with Crippen LogP contribution in [0.3, 0.4) is 0 Å². The van der Waals surface area contributed by atoms with E-state index < -0.39 is 0 Å². The fourth-order valence-corrected chi connectivity index (χ4v) is 2.16. The van der Waals surface area contributed by atoms with Gasteiger partial charge in [-0.3, -0.25) is 0 Å². The third kappa shape index (κ3) is 2.12. The topological polar surface area (TPSA) is 8.17 Å². The van der Waals surface area contributed by atoms with Crippen LogP contribution in [0.2, 0.25) is 0 Å². The van der Waals surface area contributed by atoms with Gasteiger partial charge in [0, 0.05) is 30.2 Å². The van der Waals surface area contributed by atoms with E-state index >= 15 is 0 Å². The minimum Gasteiger partial charge on any atom is -0.346 e. The number of rotatable bonds is 3. The third-order valence-corrected chi connectivity index (χ3v) is 3.03. The molecule has 0 amide bonds. The van der Waals surface area contributed by atoms with E-state index in [4.69, 9.17) is 0 Å². The van der Waals surface area contributed by atoms with Crippen molar-refractivity contribution in [3.8, 4) is 0 Å². The van der Waals surface area contributed by atoms with Gasteiger partial charge in [0.2, 0.25) is 0 Å². The molecule has 0 bridgehead atoms. The van der Waals surface area contributed by atoms with E-state index in [1.807, 2.05) is 0 Å². The molecule has 0 aliphatic heterocycles. The highest BCUT2D eigenvalue weighted by Gasteiger charge is 2.04.